The average molecular weight is 379 g/mol. The topological polar surface area (TPSA) is 76.6 Å². The Morgan fingerprint density at radius 2 is 1.84 bits per heavy atom. The van der Waals surface area contributed by atoms with E-state index in [9.17, 15) is 9.59 Å². The Morgan fingerprint density at radius 1 is 1.16 bits per heavy atom. The van der Waals surface area contributed by atoms with Crippen molar-refractivity contribution >= 4 is 40.9 Å². The molecule has 0 bridgehead atoms. The number of nitrogens with one attached hydrogen (secondary N) is 2. The summed E-state index contributed by atoms with van der Waals surface area (Å²) in [6.45, 7) is 0.964. The van der Waals surface area contributed by atoms with Gasteiger partial charge in [-0.05, 0) is 18.2 Å². The van der Waals surface area contributed by atoms with E-state index in [2.05, 4.69) is 5.32 Å². The zero-order valence-electron chi connectivity index (χ0n) is 13.9. The van der Waals surface area contributed by atoms with Crippen molar-refractivity contribution in [3.63, 3.8) is 0 Å². The summed E-state index contributed by atoms with van der Waals surface area (Å²) in [7, 11) is 1.94. The molecule has 2 amide bonds. The molecule has 0 aliphatic heterocycles. The summed E-state index contributed by atoms with van der Waals surface area (Å²) in [4.78, 5) is 25.1. The Kier molecular flexibility index (Phi) is 7.31. The third-order valence-electron chi connectivity index (χ3n) is 3.44. The van der Waals surface area contributed by atoms with Gasteiger partial charge in [-0.2, -0.15) is 0 Å². The van der Waals surface area contributed by atoms with Crippen molar-refractivity contribution in [2.45, 2.75) is 11.4 Å². The zero-order valence-corrected chi connectivity index (χ0v) is 15.5. The number of carbonyl (C=O) groups is 2. The van der Waals surface area contributed by atoms with Crippen molar-refractivity contribution in [2.75, 3.05) is 24.7 Å². The van der Waals surface area contributed by atoms with E-state index in [0.717, 1.165) is 15.4 Å². The van der Waals surface area contributed by atoms with E-state index in [1.165, 1.54) is 11.8 Å². The molecule has 1 atom stereocenters. The van der Waals surface area contributed by atoms with E-state index >= 15 is 0 Å². The number of halogens is 1. The van der Waals surface area contributed by atoms with Crippen molar-refractivity contribution in [1.82, 2.24) is 0 Å². The predicted molar refractivity (Wildman–Crippen MR) is 102 cm³/mol. The Balaban J connectivity index is 1.93. The second-order valence-electron chi connectivity index (χ2n) is 5.70. The van der Waals surface area contributed by atoms with E-state index in [0.29, 0.717) is 23.8 Å². The van der Waals surface area contributed by atoms with Gasteiger partial charge in [0.2, 0.25) is 5.91 Å². The van der Waals surface area contributed by atoms with E-state index in [4.69, 9.17) is 17.3 Å². The predicted octanol–water partition coefficient (Wildman–Crippen LogP) is 1.57. The van der Waals surface area contributed by atoms with Crippen LogP contribution in [0, 0.1) is 0 Å². The number of amides is 2. The number of nitrogens with two attached hydrogens (primary N) is 1. The summed E-state index contributed by atoms with van der Waals surface area (Å²) in [5, 5.41) is 3.60. The lowest BCUT2D eigenvalue weighted by Crippen LogP contribution is -3.08. The van der Waals surface area contributed by atoms with Gasteiger partial charge in [-0.1, -0.05) is 41.9 Å². The van der Waals surface area contributed by atoms with Gasteiger partial charge in [0.15, 0.2) is 6.54 Å². The minimum atomic E-state index is -0.393. The van der Waals surface area contributed by atoms with Gasteiger partial charge < -0.3 is 16.0 Å². The van der Waals surface area contributed by atoms with Gasteiger partial charge in [0.25, 0.3) is 5.91 Å². The minimum Gasteiger partial charge on any atom is -0.369 e. The number of para-hydroxylation sites is 1. The number of hydrogen-bond donors (Lipinski definition) is 3. The van der Waals surface area contributed by atoms with Crippen LogP contribution in [-0.4, -0.2) is 31.2 Å². The maximum absolute atomic E-state index is 12.3. The molecular formula is C18H21ClN3O2S+. The molecule has 0 heterocycles. The van der Waals surface area contributed by atoms with Crippen LogP contribution in [0.3, 0.4) is 0 Å². The number of quaternary nitrogens is 1. The number of benzene rings is 2. The molecule has 0 radical (unpaired) electrons. The highest BCUT2D eigenvalue weighted by Crippen LogP contribution is 2.26. The highest BCUT2D eigenvalue weighted by Gasteiger charge is 2.14. The van der Waals surface area contributed by atoms with Crippen LogP contribution in [0.15, 0.2) is 53.4 Å². The first-order valence-electron chi connectivity index (χ1n) is 7.80. The number of primary amides is 1. The van der Waals surface area contributed by atoms with Crippen LogP contribution in [-0.2, 0) is 16.1 Å². The molecule has 7 heteroatoms. The van der Waals surface area contributed by atoms with Gasteiger partial charge in [0, 0.05) is 15.5 Å². The van der Waals surface area contributed by atoms with Gasteiger partial charge in [-0.15, -0.1) is 11.8 Å². The standard InChI is InChI=1S/C18H20ClN3O2S/c1-22(10-13-6-2-3-7-14(13)19)11-18(24)21-15-8-4-5-9-16(15)25-12-17(20)23/h2-9H,10-12H2,1H3,(H2,20,23)(H,21,24)/p+1. The monoisotopic (exact) mass is 378 g/mol. The molecular weight excluding hydrogens is 358 g/mol. The van der Waals surface area contributed by atoms with Crippen molar-refractivity contribution < 1.29 is 14.5 Å². The van der Waals surface area contributed by atoms with Crippen LogP contribution in [0.4, 0.5) is 5.69 Å². The Bertz CT molecular complexity index is 755. The molecule has 4 N–H and O–H groups in total. The summed E-state index contributed by atoms with van der Waals surface area (Å²) in [5.74, 6) is -0.323. The molecule has 2 aromatic carbocycles. The Hall–Kier alpha value is -2.02. The van der Waals surface area contributed by atoms with E-state index in [-0.39, 0.29) is 11.7 Å². The minimum absolute atomic E-state index is 0.100. The first kappa shape index (κ1) is 19.3. The van der Waals surface area contributed by atoms with Gasteiger partial charge in [-0.25, -0.2) is 0 Å². The van der Waals surface area contributed by atoms with Crippen LogP contribution in [0.5, 0.6) is 0 Å². The van der Waals surface area contributed by atoms with Crippen LogP contribution in [0.25, 0.3) is 0 Å². The summed E-state index contributed by atoms with van der Waals surface area (Å²) < 4.78 is 0. The van der Waals surface area contributed by atoms with Gasteiger partial charge in [0.05, 0.1) is 18.5 Å². The van der Waals surface area contributed by atoms with Gasteiger partial charge >= 0.3 is 0 Å². The smallest absolute Gasteiger partial charge is 0.279 e. The summed E-state index contributed by atoms with van der Waals surface area (Å²) in [6, 6.07) is 15.0. The molecule has 0 saturated carbocycles. The van der Waals surface area contributed by atoms with Crippen LogP contribution in [0.1, 0.15) is 5.56 Å². The van der Waals surface area contributed by atoms with Crippen LogP contribution < -0.4 is 16.0 Å². The van der Waals surface area contributed by atoms with Crippen molar-refractivity contribution in [3.05, 3.63) is 59.1 Å². The van der Waals surface area contributed by atoms with Crippen LogP contribution >= 0.6 is 23.4 Å². The molecule has 25 heavy (non-hydrogen) atoms. The molecule has 0 fully saturated rings. The molecule has 0 aliphatic carbocycles. The lowest BCUT2D eigenvalue weighted by atomic mass is 10.2. The second kappa shape index (κ2) is 9.46. The molecule has 2 aromatic rings. The number of anilines is 1. The first-order valence-corrected chi connectivity index (χ1v) is 9.16. The number of hydrogen-bond acceptors (Lipinski definition) is 3. The third-order valence-corrected chi connectivity index (χ3v) is 4.91. The molecule has 5 nitrogen and oxygen atoms in total. The molecule has 0 saturated heterocycles. The maximum atomic E-state index is 12.3. The number of rotatable bonds is 8. The SMILES string of the molecule is C[NH+](CC(=O)Nc1ccccc1SCC(N)=O)Cc1ccccc1Cl. The second-order valence-corrected chi connectivity index (χ2v) is 7.13. The Labute approximate surface area is 156 Å². The molecule has 0 aliphatic rings. The number of carbonyl (C=O) groups excluding carboxylic acids is 2. The average Bonchev–Trinajstić information content (AvgIpc) is 2.56. The number of likely N-dealkylation sites (N-methyl/N-ethyl adjacent to an activating group) is 1. The molecule has 0 aromatic heterocycles. The molecule has 2 rings (SSSR count). The quantitative estimate of drug-likeness (QED) is 0.610. The van der Waals surface area contributed by atoms with Crippen molar-refractivity contribution in [3.8, 4) is 0 Å². The molecule has 132 valence electrons. The van der Waals surface area contributed by atoms with E-state index < -0.39 is 5.91 Å². The van der Waals surface area contributed by atoms with Gasteiger partial charge in [0.1, 0.15) is 6.54 Å². The fraction of sp³-hybridized carbons (Fsp3) is 0.222. The zero-order chi connectivity index (χ0) is 18.2. The third kappa shape index (κ3) is 6.42. The van der Waals surface area contributed by atoms with Crippen LogP contribution in [0.2, 0.25) is 5.02 Å². The van der Waals surface area contributed by atoms with Crippen molar-refractivity contribution in [2.24, 2.45) is 5.73 Å². The Morgan fingerprint density at radius 3 is 2.56 bits per heavy atom. The summed E-state index contributed by atoms with van der Waals surface area (Å²) in [6.07, 6.45) is 0. The normalized spacial score (nSPS) is 11.8. The number of thioether (sulfide) groups is 1. The summed E-state index contributed by atoms with van der Waals surface area (Å²) >= 11 is 7.47. The highest BCUT2D eigenvalue weighted by atomic mass is 35.5. The molecule has 1 unspecified atom stereocenters. The lowest BCUT2D eigenvalue weighted by Gasteiger charge is -2.15. The largest absolute Gasteiger partial charge is 0.369 e. The van der Waals surface area contributed by atoms with E-state index in [1.807, 2.05) is 55.6 Å². The van der Waals surface area contributed by atoms with Crippen molar-refractivity contribution in [1.29, 1.82) is 0 Å². The summed E-state index contributed by atoms with van der Waals surface area (Å²) in [5.41, 5.74) is 6.87. The first-order chi connectivity index (χ1) is 12.0. The maximum Gasteiger partial charge on any atom is 0.279 e. The highest BCUT2D eigenvalue weighted by molar-refractivity contribution is 8.00. The fourth-order valence-corrected chi connectivity index (χ4v) is 3.29. The molecule has 0 spiro atoms. The van der Waals surface area contributed by atoms with E-state index in [1.54, 1.807) is 0 Å². The lowest BCUT2D eigenvalue weighted by molar-refractivity contribution is -0.885. The fourth-order valence-electron chi connectivity index (χ4n) is 2.34. The van der Waals surface area contributed by atoms with Gasteiger partial charge in [-0.3, -0.25) is 9.59 Å².